The topological polar surface area (TPSA) is 136 Å². The number of nitrogens with zero attached hydrogens (tertiary/aromatic N) is 8. The van der Waals surface area contributed by atoms with Crippen molar-refractivity contribution in [2.75, 3.05) is 50.1 Å². The van der Waals surface area contributed by atoms with Crippen molar-refractivity contribution in [1.29, 1.82) is 10.5 Å². The molecule has 4 aromatic rings. The molecular formula is C37H36F3N9O2. The lowest BCUT2D eigenvalue weighted by atomic mass is 9.78. The first-order valence-electron chi connectivity index (χ1n) is 16.6. The van der Waals surface area contributed by atoms with Gasteiger partial charge in [-0.15, -0.1) is 10.2 Å². The number of aryl methyl sites for hydroxylation is 1. The highest BCUT2D eigenvalue weighted by atomic mass is 19.4. The molecule has 3 aliphatic rings. The Morgan fingerprint density at radius 1 is 1.10 bits per heavy atom. The number of likely N-dealkylation sites (tertiary alicyclic amines) is 1. The van der Waals surface area contributed by atoms with Crippen LogP contribution in [-0.4, -0.2) is 70.8 Å². The summed E-state index contributed by atoms with van der Waals surface area (Å²) in [4.78, 5) is 20.8. The third kappa shape index (κ3) is 6.89. The number of benzene rings is 2. The molecule has 11 nitrogen and oxygen atoms in total. The van der Waals surface area contributed by atoms with Crippen molar-refractivity contribution in [3.05, 3.63) is 76.6 Å². The summed E-state index contributed by atoms with van der Waals surface area (Å²) in [5.74, 6) is 1.35. The minimum absolute atomic E-state index is 0.0261. The van der Waals surface area contributed by atoms with Crippen LogP contribution < -0.4 is 10.2 Å². The summed E-state index contributed by atoms with van der Waals surface area (Å²) in [6.45, 7) is 3.39. The zero-order chi connectivity index (χ0) is 36.0. The van der Waals surface area contributed by atoms with Crippen LogP contribution in [-0.2, 0) is 31.1 Å². The fraction of sp³-hybridized carbons (Fsp3) is 0.405. The van der Waals surface area contributed by atoms with Gasteiger partial charge in [-0.2, -0.15) is 23.7 Å². The van der Waals surface area contributed by atoms with Gasteiger partial charge >= 0.3 is 6.18 Å². The second-order valence-corrected chi connectivity index (χ2v) is 14.2. The van der Waals surface area contributed by atoms with E-state index >= 15 is 0 Å². The van der Waals surface area contributed by atoms with Gasteiger partial charge in [0.05, 0.1) is 36.5 Å². The molecule has 14 heteroatoms. The third-order valence-electron chi connectivity index (χ3n) is 10.2. The first-order chi connectivity index (χ1) is 24.4. The third-order valence-corrected chi connectivity index (χ3v) is 10.2. The van der Waals surface area contributed by atoms with Crippen molar-refractivity contribution in [3.63, 3.8) is 0 Å². The number of anilines is 2. The van der Waals surface area contributed by atoms with Crippen molar-refractivity contribution in [1.82, 2.24) is 24.6 Å². The first-order valence-corrected chi connectivity index (χ1v) is 16.6. The highest BCUT2D eigenvalue weighted by Crippen LogP contribution is 2.48. The van der Waals surface area contributed by atoms with Gasteiger partial charge in [0.15, 0.2) is 5.82 Å². The van der Waals surface area contributed by atoms with E-state index in [2.05, 4.69) is 32.6 Å². The van der Waals surface area contributed by atoms with Gasteiger partial charge < -0.3 is 19.5 Å². The van der Waals surface area contributed by atoms with Crippen molar-refractivity contribution in [2.24, 2.45) is 17.9 Å². The number of carbonyl (C=O) groups is 1. The Morgan fingerprint density at radius 3 is 2.49 bits per heavy atom. The monoisotopic (exact) mass is 695 g/mol. The largest absolute Gasteiger partial charge is 0.416 e. The number of nitriles is 2. The number of aldehydes is 1. The Bertz CT molecular complexity index is 2060. The fourth-order valence-electron chi connectivity index (χ4n) is 7.12. The number of halogens is 3. The summed E-state index contributed by atoms with van der Waals surface area (Å²) in [5.41, 5.74) is 1.74. The Hall–Kier alpha value is -5.31. The molecule has 2 saturated heterocycles. The number of aromatic nitrogens is 4. The second kappa shape index (κ2) is 13.1. The Balaban J connectivity index is 1.26. The standard InChI is InChI=1S/C37H36F3N9O2/c1-47(16-30-27(17-50)9-25(11-31(30)37(38,39)40)15-49-19-36(20-49)21-51-22-36)33-13-26(12-32(45-33)43-18-35(5-6-35)7-8-41)29-10-24(14-42)3-4-28(29)34-46-44-23-48(34)2/h3-4,9-13,17,23H,5-7,15-16,18-22H2,1-2H3,(H,43,45). The number of hydrogen-bond acceptors (Lipinski definition) is 10. The van der Waals surface area contributed by atoms with E-state index < -0.39 is 11.7 Å². The number of rotatable bonds is 12. The molecule has 0 atom stereocenters. The van der Waals surface area contributed by atoms with Crippen LogP contribution in [0.5, 0.6) is 0 Å². The molecule has 51 heavy (non-hydrogen) atoms. The molecule has 0 unspecified atom stereocenters. The van der Waals surface area contributed by atoms with Crippen molar-refractivity contribution < 1.29 is 22.7 Å². The normalized spacial score (nSPS) is 17.2. The zero-order valence-electron chi connectivity index (χ0n) is 28.3. The van der Waals surface area contributed by atoms with Gasteiger partial charge in [-0.1, -0.05) is 0 Å². The summed E-state index contributed by atoms with van der Waals surface area (Å²) < 4.78 is 51.1. The molecule has 2 aromatic heterocycles. The molecule has 7 rings (SSSR count). The quantitative estimate of drug-likeness (QED) is 0.181. The van der Waals surface area contributed by atoms with Gasteiger partial charge in [-0.25, -0.2) is 4.98 Å². The predicted molar refractivity (Wildman–Crippen MR) is 182 cm³/mol. The molecule has 4 heterocycles. The van der Waals surface area contributed by atoms with E-state index in [1.807, 2.05) is 6.07 Å². The molecule has 1 aliphatic carbocycles. The van der Waals surface area contributed by atoms with E-state index in [-0.39, 0.29) is 28.5 Å². The van der Waals surface area contributed by atoms with E-state index in [1.54, 1.807) is 60.2 Å². The highest BCUT2D eigenvalue weighted by Gasteiger charge is 2.49. The highest BCUT2D eigenvalue weighted by molar-refractivity contribution is 5.84. The summed E-state index contributed by atoms with van der Waals surface area (Å²) in [5, 5.41) is 30.8. The van der Waals surface area contributed by atoms with E-state index in [1.165, 1.54) is 0 Å². The Morgan fingerprint density at radius 2 is 1.88 bits per heavy atom. The number of nitrogens with one attached hydrogen (secondary N) is 1. The van der Waals surface area contributed by atoms with E-state index in [9.17, 15) is 28.5 Å². The number of ether oxygens (including phenoxy) is 1. The molecule has 0 bridgehead atoms. The summed E-state index contributed by atoms with van der Waals surface area (Å²) in [6.07, 6.45) is -0.452. The molecule has 2 aromatic carbocycles. The molecule has 0 amide bonds. The van der Waals surface area contributed by atoms with Gasteiger partial charge in [0.1, 0.15) is 24.2 Å². The van der Waals surface area contributed by atoms with Crippen molar-refractivity contribution in [3.8, 4) is 34.7 Å². The number of hydrogen-bond donors (Lipinski definition) is 1. The lowest BCUT2D eigenvalue weighted by Gasteiger charge is -2.55. The molecule has 1 N–H and O–H groups in total. The van der Waals surface area contributed by atoms with E-state index in [0.29, 0.717) is 84.3 Å². The van der Waals surface area contributed by atoms with Crippen LogP contribution in [0.3, 0.4) is 0 Å². The van der Waals surface area contributed by atoms with Gasteiger partial charge in [-0.3, -0.25) is 9.69 Å². The summed E-state index contributed by atoms with van der Waals surface area (Å²) in [6, 6.07) is 15.9. The van der Waals surface area contributed by atoms with Gasteiger partial charge in [-0.05, 0) is 77.6 Å². The van der Waals surface area contributed by atoms with Crippen LogP contribution in [0.15, 0.2) is 48.8 Å². The van der Waals surface area contributed by atoms with Gasteiger partial charge in [0, 0.05) is 75.2 Å². The summed E-state index contributed by atoms with van der Waals surface area (Å²) in [7, 11) is 3.43. The minimum atomic E-state index is -4.70. The first kappa shape index (κ1) is 34.2. The fourth-order valence-corrected chi connectivity index (χ4v) is 7.12. The molecule has 262 valence electrons. The zero-order valence-corrected chi connectivity index (χ0v) is 28.3. The maximum atomic E-state index is 14.7. The average Bonchev–Trinajstić information content (AvgIpc) is 3.72. The molecule has 1 spiro atoms. The maximum absolute atomic E-state index is 14.7. The molecular weight excluding hydrogens is 659 g/mol. The average molecular weight is 696 g/mol. The predicted octanol–water partition coefficient (Wildman–Crippen LogP) is 5.82. The van der Waals surface area contributed by atoms with Crippen molar-refractivity contribution in [2.45, 2.75) is 38.5 Å². The molecule has 0 radical (unpaired) electrons. The van der Waals surface area contributed by atoms with Crippen LogP contribution in [0.4, 0.5) is 24.8 Å². The van der Waals surface area contributed by atoms with E-state index in [4.69, 9.17) is 9.72 Å². The van der Waals surface area contributed by atoms with Crippen LogP contribution in [0.25, 0.3) is 22.5 Å². The van der Waals surface area contributed by atoms with Crippen LogP contribution in [0.2, 0.25) is 0 Å². The Kier molecular flexibility index (Phi) is 8.77. The number of alkyl halides is 3. The molecule has 2 aliphatic heterocycles. The number of carbonyl (C=O) groups excluding carboxylic acids is 1. The van der Waals surface area contributed by atoms with Crippen LogP contribution in [0, 0.1) is 33.5 Å². The van der Waals surface area contributed by atoms with Crippen LogP contribution in [0.1, 0.15) is 51.9 Å². The minimum Gasteiger partial charge on any atom is -0.380 e. The molecule has 1 saturated carbocycles. The van der Waals surface area contributed by atoms with Gasteiger partial charge in [0.25, 0.3) is 0 Å². The van der Waals surface area contributed by atoms with Crippen molar-refractivity contribution >= 4 is 17.9 Å². The lowest BCUT2D eigenvalue weighted by molar-refractivity contribution is -0.191. The van der Waals surface area contributed by atoms with Crippen LogP contribution >= 0.6 is 0 Å². The maximum Gasteiger partial charge on any atom is 0.416 e. The Labute approximate surface area is 293 Å². The van der Waals surface area contributed by atoms with E-state index in [0.717, 1.165) is 32.0 Å². The SMILES string of the molecule is CN(Cc1c(C=O)cc(CN2CC3(COC3)C2)cc1C(F)(F)F)c1cc(-c2cc(C#N)ccc2-c2nncn2C)cc(NCC2(CC#N)CC2)n1. The molecule has 3 fully saturated rings. The smallest absolute Gasteiger partial charge is 0.380 e. The van der Waals surface area contributed by atoms with Gasteiger partial charge in [0.2, 0.25) is 0 Å². The second-order valence-electron chi connectivity index (χ2n) is 14.2. The number of pyridine rings is 1. The lowest BCUT2D eigenvalue weighted by Crippen LogP contribution is -2.65. The summed E-state index contributed by atoms with van der Waals surface area (Å²) >= 11 is 0.